The molecule has 168 valence electrons. The second kappa shape index (κ2) is 10.5. The molecule has 0 saturated heterocycles. The van der Waals surface area contributed by atoms with E-state index in [0.717, 1.165) is 5.56 Å². The van der Waals surface area contributed by atoms with Crippen LogP contribution in [0.1, 0.15) is 11.1 Å². The van der Waals surface area contributed by atoms with E-state index >= 15 is 0 Å². The Bertz CT molecular complexity index is 1070. The van der Waals surface area contributed by atoms with Crippen molar-refractivity contribution in [2.24, 2.45) is 0 Å². The fraction of sp³-hybridized carbons (Fsp3) is 0.227. The van der Waals surface area contributed by atoms with E-state index < -0.39 is 5.91 Å². The molecule has 0 radical (unpaired) electrons. The van der Waals surface area contributed by atoms with Crippen LogP contribution in [-0.2, 0) is 11.2 Å². The maximum absolute atomic E-state index is 12.1. The predicted molar refractivity (Wildman–Crippen MR) is 121 cm³/mol. The number of ether oxygens (including phenoxy) is 4. The third-order valence-electron chi connectivity index (χ3n) is 4.45. The predicted octanol–water partition coefficient (Wildman–Crippen LogP) is 3.35. The second-order valence-electron chi connectivity index (χ2n) is 6.61. The van der Waals surface area contributed by atoms with E-state index in [-0.39, 0.29) is 18.4 Å². The van der Waals surface area contributed by atoms with Gasteiger partial charge in [0.15, 0.2) is 18.1 Å². The molecule has 0 saturated carbocycles. The van der Waals surface area contributed by atoms with Crippen LogP contribution >= 0.6 is 11.6 Å². The zero-order chi connectivity index (χ0) is 23.1. The molecule has 1 amide bonds. The van der Waals surface area contributed by atoms with Crippen molar-refractivity contribution in [1.82, 2.24) is 9.97 Å². The quantitative estimate of drug-likeness (QED) is 0.501. The number of nitrogen functional groups attached to an aromatic ring is 1. The summed E-state index contributed by atoms with van der Waals surface area (Å²) in [6.45, 7) is -0.210. The molecule has 0 aliphatic rings. The van der Waals surface area contributed by atoms with Gasteiger partial charge in [0.05, 0.1) is 21.3 Å². The van der Waals surface area contributed by atoms with Crippen LogP contribution in [0.4, 0.5) is 11.8 Å². The Kier molecular flexibility index (Phi) is 7.56. The van der Waals surface area contributed by atoms with E-state index in [4.69, 9.17) is 36.3 Å². The van der Waals surface area contributed by atoms with Crippen molar-refractivity contribution in [3.63, 3.8) is 0 Å². The molecule has 1 heterocycles. The lowest BCUT2D eigenvalue weighted by molar-refractivity contribution is -0.118. The Labute approximate surface area is 190 Å². The van der Waals surface area contributed by atoms with E-state index in [1.807, 2.05) is 12.1 Å². The zero-order valence-electron chi connectivity index (χ0n) is 17.8. The molecule has 0 spiro atoms. The fourth-order valence-corrected chi connectivity index (χ4v) is 3.04. The zero-order valence-corrected chi connectivity index (χ0v) is 18.6. The minimum atomic E-state index is -0.420. The summed E-state index contributed by atoms with van der Waals surface area (Å²) in [7, 11) is 4.64. The molecule has 0 bridgehead atoms. The Morgan fingerprint density at radius 2 is 1.72 bits per heavy atom. The van der Waals surface area contributed by atoms with E-state index in [1.165, 1.54) is 0 Å². The van der Waals surface area contributed by atoms with Crippen LogP contribution in [0.5, 0.6) is 23.0 Å². The van der Waals surface area contributed by atoms with Crippen LogP contribution in [0.25, 0.3) is 0 Å². The van der Waals surface area contributed by atoms with Gasteiger partial charge < -0.3 is 24.7 Å². The standard InChI is InChI=1S/C22H23ClN4O5/c1-29-17-9-13(10-18(30-2)20(17)31-3)8-14-11-25-22(27-21(14)24)26-19(28)12-32-16-6-4-15(23)5-7-16/h4-7,9-11H,8,12H2,1-3H3,(H3,24,25,26,27,28). The minimum absolute atomic E-state index is 0.0841. The van der Waals surface area contributed by atoms with Gasteiger partial charge in [-0.3, -0.25) is 10.1 Å². The first kappa shape index (κ1) is 23.0. The number of anilines is 2. The van der Waals surface area contributed by atoms with Crippen molar-refractivity contribution in [3.8, 4) is 23.0 Å². The number of benzene rings is 2. The van der Waals surface area contributed by atoms with Gasteiger partial charge in [0.1, 0.15) is 11.6 Å². The molecule has 3 N–H and O–H groups in total. The normalized spacial score (nSPS) is 10.4. The Hall–Kier alpha value is -3.72. The highest BCUT2D eigenvalue weighted by molar-refractivity contribution is 6.30. The van der Waals surface area contributed by atoms with Crippen LogP contribution < -0.4 is 30.0 Å². The third kappa shape index (κ3) is 5.70. The highest BCUT2D eigenvalue weighted by atomic mass is 35.5. The SMILES string of the molecule is COc1cc(Cc2cnc(NC(=O)COc3ccc(Cl)cc3)nc2N)cc(OC)c1OC. The van der Waals surface area contributed by atoms with Gasteiger partial charge in [-0.1, -0.05) is 11.6 Å². The highest BCUT2D eigenvalue weighted by Crippen LogP contribution is 2.38. The molecule has 3 aromatic rings. The Balaban J connectivity index is 1.66. The number of nitrogens with one attached hydrogen (secondary N) is 1. The molecule has 3 rings (SSSR count). The van der Waals surface area contributed by atoms with E-state index in [2.05, 4.69) is 15.3 Å². The largest absolute Gasteiger partial charge is 0.493 e. The number of nitrogens with zero attached hydrogens (tertiary/aromatic N) is 2. The summed E-state index contributed by atoms with van der Waals surface area (Å²) in [4.78, 5) is 20.5. The summed E-state index contributed by atoms with van der Waals surface area (Å²) in [5.41, 5.74) is 7.63. The lowest BCUT2D eigenvalue weighted by atomic mass is 10.1. The molecule has 0 unspecified atom stereocenters. The molecule has 0 fully saturated rings. The van der Waals surface area contributed by atoms with Crippen molar-refractivity contribution in [2.45, 2.75) is 6.42 Å². The second-order valence-corrected chi connectivity index (χ2v) is 7.04. The number of carbonyl (C=O) groups is 1. The Morgan fingerprint density at radius 3 is 2.28 bits per heavy atom. The highest BCUT2D eigenvalue weighted by Gasteiger charge is 2.15. The van der Waals surface area contributed by atoms with Gasteiger partial charge in [-0.15, -0.1) is 0 Å². The number of nitrogens with two attached hydrogens (primary N) is 1. The summed E-state index contributed by atoms with van der Waals surface area (Å²) in [6, 6.07) is 10.3. The number of halogens is 1. The van der Waals surface area contributed by atoms with Crippen LogP contribution in [-0.4, -0.2) is 43.8 Å². The molecule has 0 aliphatic carbocycles. The summed E-state index contributed by atoms with van der Waals surface area (Å²) in [5.74, 6) is 1.99. The summed E-state index contributed by atoms with van der Waals surface area (Å²) >= 11 is 5.82. The van der Waals surface area contributed by atoms with Gasteiger partial charge >= 0.3 is 0 Å². The van der Waals surface area contributed by atoms with Gasteiger partial charge in [-0.25, -0.2) is 4.98 Å². The number of aromatic nitrogens is 2. The van der Waals surface area contributed by atoms with Gasteiger partial charge in [-0.05, 0) is 42.0 Å². The fourth-order valence-electron chi connectivity index (χ4n) is 2.91. The summed E-state index contributed by atoms with van der Waals surface area (Å²) in [6.07, 6.45) is 1.98. The maximum Gasteiger partial charge on any atom is 0.264 e. The molecule has 0 atom stereocenters. The molecule has 32 heavy (non-hydrogen) atoms. The molecular formula is C22H23ClN4O5. The van der Waals surface area contributed by atoms with Gasteiger partial charge in [-0.2, -0.15) is 4.98 Å². The monoisotopic (exact) mass is 458 g/mol. The number of hydrogen-bond donors (Lipinski definition) is 2. The van der Waals surface area contributed by atoms with Crippen molar-refractivity contribution in [2.75, 3.05) is 39.0 Å². The Morgan fingerprint density at radius 1 is 1.06 bits per heavy atom. The van der Waals surface area contributed by atoms with Gasteiger partial charge in [0, 0.05) is 23.2 Å². The average molecular weight is 459 g/mol. The minimum Gasteiger partial charge on any atom is -0.493 e. The van der Waals surface area contributed by atoms with E-state index in [1.54, 1.807) is 51.8 Å². The first-order valence-electron chi connectivity index (χ1n) is 9.52. The van der Waals surface area contributed by atoms with Gasteiger partial charge in [0.25, 0.3) is 5.91 Å². The van der Waals surface area contributed by atoms with Crippen molar-refractivity contribution in [1.29, 1.82) is 0 Å². The number of amides is 1. The summed E-state index contributed by atoms with van der Waals surface area (Å²) < 4.78 is 21.5. The van der Waals surface area contributed by atoms with Crippen LogP contribution in [0.3, 0.4) is 0 Å². The summed E-state index contributed by atoms with van der Waals surface area (Å²) in [5, 5.41) is 3.14. The molecular weight excluding hydrogens is 436 g/mol. The smallest absolute Gasteiger partial charge is 0.264 e. The van der Waals surface area contributed by atoms with Crippen LogP contribution in [0.2, 0.25) is 5.02 Å². The van der Waals surface area contributed by atoms with Gasteiger partial charge in [0.2, 0.25) is 11.7 Å². The third-order valence-corrected chi connectivity index (χ3v) is 4.70. The number of carbonyl (C=O) groups excluding carboxylic acids is 1. The van der Waals surface area contributed by atoms with Crippen LogP contribution in [0.15, 0.2) is 42.6 Å². The average Bonchev–Trinajstić information content (AvgIpc) is 2.79. The molecule has 9 nitrogen and oxygen atoms in total. The first-order chi connectivity index (χ1) is 15.4. The lowest BCUT2D eigenvalue weighted by Gasteiger charge is -2.14. The lowest BCUT2D eigenvalue weighted by Crippen LogP contribution is -2.22. The van der Waals surface area contributed by atoms with Crippen molar-refractivity contribution in [3.05, 3.63) is 58.7 Å². The van der Waals surface area contributed by atoms with Crippen molar-refractivity contribution < 1.29 is 23.7 Å². The number of methoxy groups -OCH3 is 3. The molecule has 1 aromatic heterocycles. The topological polar surface area (TPSA) is 118 Å². The number of hydrogen-bond acceptors (Lipinski definition) is 8. The first-order valence-corrected chi connectivity index (χ1v) is 9.89. The van der Waals surface area contributed by atoms with E-state index in [0.29, 0.717) is 40.0 Å². The van der Waals surface area contributed by atoms with E-state index in [9.17, 15) is 4.79 Å². The molecule has 10 heteroatoms. The van der Waals surface area contributed by atoms with Crippen molar-refractivity contribution >= 4 is 29.3 Å². The van der Waals surface area contributed by atoms with Crippen LogP contribution in [0, 0.1) is 0 Å². The number of rotatable bonds is 9. The maximum atomic E-state index is 12.1. The molecule has 2 aromatic carbocycles. The molecule has 0 aliphatic heterocycles.